The van der Waals surface area contributed by atoms with Crippen LogP contribution in [0.5, 0.6) is 0 Å². The minimum absolute atomic E-state index is 0.127. The van der Waals surface area contributed by atoms with Gasteiger partial charge in [-0.15, -0.1) is 11.3 Å². The molecular formula is C14H15N3O3S. The number of hydroxylamine groups is 2. The van der Waals surface area contributed by atoms with E-state index in [1.807, 2.05) is 6.07 Å². The van der Waals surface area contributed by atoms with E-state index in [2.05, 4.69) is 10.3 Å². The molecular weight excluding hydrogens is 290 g/mol. The minimum Gasteiger partial charge on any atom is -0.298 e. The number of rotatable bonds is 5. The topological polar surface area (TPSA) is 71.5 Å². The van der Waals surface area contributed by atoms with Crippen LogP contribution in [0.2, 0.25) is 0 Å². The van der Waals surface area contributed by atoms with Crippen molar-refractivity contribution >= 4 is 28.3 Å². The van der Waals surface area contributed by atoms with Crippen LogP contribution in [0, 0.1) is 0 Å². The van der Waals surface area contributed by atoms with E-state index in [4.69, 9.17) is 4.84 Å². The van der Waals surface area contributed by atoms with Crippen LogP contribution in [0.25, 0.3) is 0 Å². The van der Waals surface area contributed by atoms with E-state index in [1.54, 1.807) is 29.6 Å². The number of hydrogen-bond acceptors (Lipinski definition) is 5. The summed E-state index contributed by atoms with van der Waals surface area (Å²) >= 11 is 1.28. The van der Waals surface area contributed by atoms with Crippen molar-refractivity contribution in [1.29, 1.82) is 0 Å². The number of carbonyl (C=O) groups excluding carboxylic acids is 2. The van der Waals surface area contributed by atoms with Crippen LogP contribution >= 0.6 is 11.3 Å². The zero-order valence-electron chi connectivity index (χ0n) is 11.7. The van der Waals surface area contributed by atoms with Gasteiger partial charge < -0.3 is 0 Å². The van der Waals surface area contributed by atoms with Crippen LogP contribution in [0.15, 0.2) is 35.7 Å². The minimum atomic E-state index is -0.225. The number of benzene rings is 1. The summed E-state index contributed by atoms with van der Waals surface area (Å²) in [5, 5.41) is 6.05. The molecule has 2 aromatic rings. The molecule has 21 heavy (non-hydrogen) atoms. The Bertz CT molecular complexity index is 627. The molecule has 2 rings (SSSR count). The Hall–Kier alpha value is -2.25. The Kier molecular flexibility index (Phi) is 5.02. The van der Waals surface area contributed by atoms with Gasteiger partial charge >= 0.3 is 0 Å². The molecule has 0 radical (unpaired) electrons. The lowest BCUT2D eigenvalue weighted by Crippen LogP contribution is -2.27. The molecule has 0 unspecified atom stereocenters. The second-order valence-corrected chi connectivity index (χ2v) is 5.07. The van der Waals surface area contributed by atoms with Crippen LogP contribution < -0.4 is 5.32 Å². The number of amides is 2. The number of hydrogen-bond donors (Lipinski definition) is 1. The van der Waals surface area contributed by atoms with E-state index in [0.29, 0.717) is 16.4 Å². The highest BCUT2D eigenvalue weighted by atomic mass is 32.1. The van der Waals surface area contributed by atoms with E-state index in [9.17, 15) is 9.59 Å². The van der Waals surface area contributed by atoms with Gasteiger partial charge in [0.05, 0.1) is 19.2 Å². The molecule has 1 heterocycles. The largest absolute Gasteiger partial charge is 0.298 e. The van der Waals surface area contributed by atoms with Crippen molar-refractivity contribution in [2.24, 2.45) is 0 Å². The van der Waals surface area contributed by atoms with Crippen molar-refractivity contribution < 1.29 is 14.4 Å². The summed E-state index contributed by atoms with van der Waals surface area (Å²) in [6.45, 7) is 0. The van der Waals surface area contributed by atoms with Gasteiger partial charge in [-0.05, 0) is 12.1 Å². The number of nitrogens with one attached hydrogen (secondary N) is 1. The molecule has 6 nitrogen and oxygen atoms in total. The second-order valence-electron chi connectivity index (χ2n) is 4.21. The van der Waals surface area contributed by atoms with Gasteiger partial charge in [-0.3, -0.25) is 19.7 Å². The molecule has 0 fully saturated rings. The Morgan fingerprint density at radius 1 is 1.33 bits per heavy atom. The third-order valence-electron chi connectivity index (χ3n) is 2.77. The van der Waals surface area contributed by atoms with Gasteiger partial charge in [0.1, 0.15) is 0 Å². The van der Waals surface area contributed by atoms with Gasteiger partial charge in [-0.2, -0.15) is 0 Å². The number of anilines is 1. The molecule has 1 aromatic heterocycles. The Morgan fingerprint density at radius 3 is 2.71 bits per heavy atom. The van der Waals surface area contributed by atoms with Gasteiger partial charge in [0.25, 0.3) is 11.8 Å². The monoisotopic (exact) mass is 305 g/mol. The number of carbonyl (C=O) groups is 2. The van der Waals surface area contributed by atoms with Crippen molar-refractivity contribution in [1.82, 2.24) is 10.0 Å². The molecule has 0 spiro atoms. The highest BCUT2D eigenvalue weighted by molar-refractivity contribution is 7.14. The Balaban J connectivity index is 1.97. The molecule has 1 aromatic carbocycles. The maximum atomic E-state index is 12.0. The van der Waals surface area contributed by atoms with E-state index in [0.717, 1.165) is 5.06 Å². The molecule has 110 valence electrons. The molecule has 0 saturated carbocycles. The summed E-state index contributed by atoms with van der Waals surface area (Å²) in [5.74, 6) is -0.430. The summed E-state index contributed by atoms with van der Waals surface area (Å²) in [6, 6.07) is 8.88. The van der Waals surface area contributed by atoms with Crippen LogP contribution in [-0.4, -0.2) is 36.0 Å². The van der Waals surface area contributed by atoms with E-state index in [1.165, 1.54) is 25.5 Å². The van der Waals surface area contributed by atoms with Crippen molar-refractivity contribution in [2.75, 3.05) is 19.5 Å². The molecule has 0 aliphatic heterocycles. The Labute approximate surface area is 126 Å². The molecule has 0 bridgehead atoms. The number of likely N-dealkylation sites (N-methyl/N-ethyl adjacent to an activating group) is 1. The average Bonchev–Trinajstić information content (AvgIpc) is 2.94. The standard InChI is InChI=1S/C14H15N3O3S/c1-17(20-2)12(18)8-11-9-21-14(15-11)16-13(19)10-6-4-3-5-7-10/h3-7,9H,8H2,1-2H3,(H,15,16,19). The van der Waals surface area contributed by atoms with Gasteiger partial charge in [-0.1, -0.05) is 18.2 Å². The maximum Gasteiger partial charge on any atom is 0.257 e. The lowest BCUT2D eigenvalue weighted by Gasteiger charge is -2.12. The third-order valence-corrected chi connectivity index (χ3v) is 3.57. The number of aromatic nitrogens is 1. The first-order valence-electron chi connectivity index (χ1n) is 6.21. The van der Waals surface area contributed by atoms with E-state index < -0.39 is 0 Å². The normalized spacial score (nSPS) is 10.2. The summed E-state index contributed by atoms with van der Waals surface area (Å²) in [5.41, 5.74) is 1.15. The molecule has 0 aliphatic rings. The molecule has 1 N–H and O–H groups in total. The smallest absolute Gasteiger partial charge is 0.257 e. The number of nitrogens with zero attached hydrogens (tertiary/aromatic N) is 2. The number of thiazole rings is 1. The highest BCUT2D eigenvalue weighted by Crippen LogP contribution is 2.17. The zero-order valence-corrected chi connectivity index (χ0v) is 12.5. The van der Waals surface area contributed by atoms with E-state index in [-0.39, 0.29) is 18.2 Å². The van der Waals surface area contributed by atoms with Gasteiger partial charge in [0.15, 0.2) is 5.13 Å². The first kappa shape index (κ1) is 15.1. The molecule has 7 heteroatoms. The Morgan fingerprint density at radius 2 is 2.05 bits per heavy atom. The predicted molar refractivity (Wildman–Crippen MR) is 80.0 cm³/mol. The maximum absolute atomic E-state index is 12.0. The predicted octanol–water partition coefficient (Wildman–Crippen LogP) is 1.96. The van der Waals surface area contributed by atoms with Crippen molar-refractivity contribution in [2.45, 2.75) is 6.42 Å². The highest BCUT2D eigenvalue weighted by Gasteiger charge is 2.13. The summed E-state index contributed by atoms with van der Waals surface area (Å²) < 4.78 is 0. The van der Waals surface area contributed by atoms with Crippen molar-refractivity contribution in [3.63, 3.8) is 0 Å². The van der Waals surface area contributed by atoms with Crippen LogP contribution in [0.4, 0.5) is 5.13 Å². The van der Waals surface area contributed by atoms with Crippen LogP contribution in [0.1, 0.15) is 16.1 Å². The third kappa shape index (κ3) is 4.11. The SMILES string of the molecule is CON(C)C(=O)Cc1csc(NC(=O)c2ccccc2)n1. The van der Waals surface area contributed by atoms with Gasteiger partial charge in [0, 0.05) is 18.0 Å². The molecule has 0 aliphatic carbocycles. The summed E-state index contributed by atoms with van der Waals surface area (Å²) in [6.07, 6.45) is 0.127. The van der Waals surface area contributed by atoms with Crippen LogP contribution in [-0.2, 0) is 16.1 Å². The van der Waals surface area contributed by atoms with Crippen molar-refractivity contribution in [3.8, 4) is 0 Å². The zero-order chi connectivity index (χ0) is 15.2. The second kappa shape index (κ2) is 6.96. The first-order valence-corrected chi connectivity index (χ1v) is 7.09. The molecule has 0 saturated heterocycles. The fourth-order valence-electron chi connectivity index (χ4n) is 1.57. The van der Waals surface area contributed by atoms with Crippen LogP contribution in [0.3, 0.4) is 0 Å². The fourth-order valence-corrected chi connectivity index (χ4v) is 2.28. The quantitative estimate of drug-likeness (QED) is 0.857. The fraction of sp³-hybridized carbons (Fsp3) is 0.214. The molecule has 0 atom stereocenters. The molecule has 2 amide bonds. The van der Waals surface area contributed by atoms with Gasteiger partial charge in [0.2, 0.25) is 0 Å². The first-order chi connectivity index (χ1) is 10.1. The van der Waals surface area contributed by atoms with Gasteiger partial charge in [-0.25, -0.2) is 10.0 Å². The average molecular weight is 305 g/mol. The summed E-state index contributed by atoms with van der Waals surface area (Å²) in [7, 11) is 2.96. The lowest BCUT2D eigenvalue weighted by molar-refractivity contribution is -0.167. The van der Waals surface area contributed by atoms with E-state index >= 15 is 0 Å². The lowest BCUT2D eigenvalue weighted by atomic mass is 10.2. The summed E-state index contributed by atoms with van der Waals surface area (Å²) in [4.78, 5) is 32.7. The van der Waals surface area contributed by atoms with Crippen molar-refractivity contribution in [3.05, 3.63) is 47.0 Å².